The van der Waals surface area contributed by atoms with Crippen molar-refractivity contribution in [3.05, 3.63) is 24.3 Å². The molecule has 1 amide bonds. The van der Waals surface area contributed by atoms with Gasteiger partial charge in [-0.2, -0.15) is 13.2 Å². The lowest BCUT2D eigenvalue weighted by molar-refractivity contribution is -0.118. The third-order valence-corrected chi connectivity index (χ3v) is 3.17. The molecular weight excluding hydrogens is 321 g/mol. The van der Waals surface area contributed by atoms with E-state index in [0.717, 1.165) is 6.42 Å². The molecule has 0 aliphatic heterocycles. The van der Waals surface area contributed by atoms with E-state index >= 15 is 0 Å². The van der Waals surface area contributed by atoms with Crippen molar-refractivity contribution in [1.29, 1.82) is 0 Å². The summed E-state index contributed by atoms with van der Waals surface area (Å²) in [7, 11) is 0. The first-order valence-corrected chi connectivity index (χ1v) is 7.98. The molecule has 0 heterocycles. The van der Waals surface area contributed by atoms with E-state index < -0.39 is 12.7 Å². The number of hydrogen-bond donors (Lipinski definition) is 2. The van der Waals surface area contributed by atoms with Gasteiger partial charge in [-0.05, 0) is 37.5 Å². The second kappa shape index (κ2) is 9.52. The van der Waals surface area contributed by atoms with E-state index in [2.05, 4.69) is 24.5 Å². The number of rotatable bonds is 9. The summed E-state index contributed by atoms with van der Waals surface area (Å²) in [6.07, 6.45) is -3.08. The van der Waals surface area contributed by atoms with Gasteiger partial charge in [0.15, 0.2) is 0 Å². The molecule has 0 unspecified atom stereocenters. The summed E-state index contributed by atoms with van der Waals surface area (Å²) in [5, 5.41) is 4.93. The molecule has 1 atom stereocenters. The van der Waals surface area contributed by atoms with Crippen LogP contribution in [0.15, 0.2) is 24.3 Å². The molecular formula is C17H25F3N2O2. The Morgan fingerprint density at radius 2 is 1.88 bits per heavy atom. The standard InChI is InChI=1S/C17H25F3N2O2/c1-12(2)9-13(3)24-8-7-16(23)22-15-6-4-5-14(10-15)21-11-17(18,19)20/h4-6,10,12-13,21H,7-9,11H2,1-3H3,(H,22,23)/t13-/m0/s1. The van der Waals surface area contributed by atoms with Gasteiger partial charge in [-0.1, -0.05) is 19.9 Å². The molecule has 4 nitrogen and oxygen atoms in total. The van der Waals surface area contributed by atoms with Gasteiger partial charge in [0.2, 0.25) is 5.91 Å². The Labute approximate surface area is 140 Å². The van der Waals surface area contributed by atoms with E-state index in [4.69, 9.17) is 4.74 Å². The molecule has 0 radical (unpaired) electrons. The molecule has 2 N–H and O–H groups in total. The average molecular weight is 346 g/mol. The fourth-order valence-electron chi connectivity index (χ4n) is 2.22. The van der Waals surface area contributed by atoms with Crippen LogP contribution < -0.4 is 10.6 Å². The minimum atomic E-state index is -4.29. The number of amides is 1. The predicted octanol–water partition coefficient (Wildman–Crippen LogP) is 4.44. The van der Waals surface area contributed by atoms with Crippen LogP contribution in [0.5, 0.6) is 0 Å². The molecule has 1 aromatic rings. The van der Waals surface area contributed by atoms with Crippen molar-refractivity contribution >= 4 is 17.3 Å². The molecule has 24 heavy (non-hydrogen) atoms. The molecule has 136 valence electrons. The predicted molar refractivity (Wildman–Crippen MR) is 89.1 cm³/mol. The Morgan fingerprint density at radius 3 is 2.50 bits per heavy atom. The van der Waals surface area contributed by atoms with Gasteiger partial charge in [0, 0.05) is 11.4 Å². The first kappa shape index (κ1) is 20.3. The van der Waals surface area contributed by atoms with Crippen molar-refractivity contribution in [2.24, 2.45) is 5.92 Å². The summed E-state index contributed by atoms with van der Waals surface area (Å²) < 4.78 is 42.1. The summed E-state index contributed by atoms with van der Waals surface area (Å²) >= 11 is 0. The smallest absolute Gasteiger partial charge is 0.378 e. The number of alkyl halides is 3. The minimum absolute atomic E-state index is 0.0905. The zero-order chi connectivity index (χ0) is 18.2. The number of benzene rings is 1. The summed E-state index contributed by atoms with van der Waals surface area (Å²) in [6, 6.07) is 6.18. The lowest BCUT2D eigenvalue weighted by Crippen LogP contribution is -2.21. The Bertz CT molecular complexity index is 519. The van der Waals surface area contributed by atoms with E-state index in [9.17, 15) is 18.0 Å². The number of nitrogens with one attached hydrogen (secondary N) is 2. The SMILES string of the molecule is CC(C)C[C@H](C)OCCC(=O)Nc1cccc(NCC(F)(F)F)c1. The lowest BCUT2D eigenvalue weighted by Gasteiger charge is -2.15. The van der Waals surface area contributed by atoms with Gasteiger partial charge < -0.3 is 15.4 Å². The van der Waals surface area contributed by atoms with E-state index in [-0.39, 0.29) is 18.4 Å². The van der Waals surface area contributed by atoms with Crippen LogP contribution in [0.2, 0.25) is 0 Å². The van der Waals surface area contributed by atoms with Crippen LogP contribution in [-0.2, 0) is 9.53 Å². The summed E-state index contributed by atoms with van der Waals surface area (Å²) in [5.41, 5.74) is 0.745. The molecule has 0 fully saturated rings. The quantitative estimate of drug-likeness (QED) is 0.695. The summed E-state index contributed by atoms with van der Waals surface area (Å²) in [4.78, 5) is 11.9. The highest BCUT2D eigenvalue weighted by Crippen LogP contribution is 2.19. The normalized spacial score (nSPS) is 13.0. The van der Waals surface area contributed by atoms with Gasteiger partial charge in [0.05, 0.1) is 19.1 Å². The van der Waals surface area contributed by atoms with Crippen molar-refractivity contribution in [2.45, 2.75) is 45.9 Å². The second-order valence-corrected chi connectivity index (χ2v) is 6.16. The molecule has 0 spiro atoms. The first-order valence-electron chi connectivity index (χ1n) is 7.98. The minimum Gasteiger partial charge on any atom is -0.378 e. The van der Waals surface area contributed by atoms with Crippen LogP contribution in [0, 0.1) is 5.92 Å². The Hall–Kier alpha value is -1.76. The van der Waals surface area contributed by atoms with Gasteiger partial charge in [0.1, 0.15) is 6.54 Å². The zero-order valence-electron chi connectivity index (χ0n) is 14.2. The van der Waals surface area contributed by atoms with E-state index in [1.165, 1.54) is 12.1 Å². The van der Waals surface area contributed by atoms with Crippen LogP contribution >= 0.6 is 0 Å². The van der Waals surface area contributed by atoms with E-state index in [1.54, 1.807) is 12.1 Å². The molecule has 0 saturated heterocycles. The van der Waals surface area contributed by atoms with Gasteiger partial charge in [-0.25, -0.2) is 0 Å². The fraction of sp³-hybridized carbons (Fsp3) is 0.588. The summed E-state index contributed by atoms with van der Waals surface area (Å²) in [5.74, 6) is 0.292. The van der Waals surface area contributed by atoms with Gasteiger partial charge in [-0.15, -0.1) is 0 Å². The van der Waals surface area contributed by atoms with Crippen LogP contribution in [0.4, 0.5) is 24.5 Å². The van der Waals surface area contributed by atoms with Gasteiger partial charge in [0.25, 0.3) is 0 Å². The molecule has 0 saturated carbocycles. The molecule has 7 heteroatoms. The average Bonchev–Trinajstić information content (AvgIpc) is 2.44. The van der Waals surface area contributed by atoms with Crippen LogP contribution in [0.1, 0.15) is 33.6 Å². The van der Waals surface area contributed by atoms with E-state index in [0.29, 0.717) is 23.9 Å². The Kier molecular flexibility index (Phi) is 8.04. The summed E-state index contributed by atoms with van der Waals surface area (Å²) in [6.45, 7) is 5.37. The highest BCUT2D eigenvalue weighted by atomic mass is 19.4. The number of halogens is 3. The van der Waals surface area contributed by atoms with Crippen molar-refractivity contribution < 1.29 is 22.7 Å². The number of carbonyl (C=O) groups is 1. The second-order valence-electron chi connectivity index (χ2n) is 6.16. The largest absolute Gasteiger partial charge is 0.405 e. The molecule has 0 bridgehead atoms. The number of hydrogen-bond acceptors (Lipinski definition) is 3. The first-order chi connectivity index (χ1) is 11.2. The molecule has 1 aromatic carbocycles. The topological polar surface area (TPSA) is 50.4 Å². The van der Waals surface area contributed by atoms with Crippen LogP contribution in [-0.4, -0.2) is 31.3 Å². The highest BCUT2D eigenvalue weighted by Gasteiger charge is 2.26. The Morgan fingerprint density at radius 1 is 1.21 bits per heavy atom. The number of anilines is 2. The lowest BCUT2D eigenvalue weighted by atomic mass is 10.1. The fourth-order valence-corrected chi connectivity index (χ4v) is 2.22. The van der Waals surface area contributed by atoms with Crippen molar-refractivity contribution in [3.63, 3.8) is 0 Å². The van der Waals surface area contributed by atoms with Crippen molar-refractivity contribution in [1.82, 2.24) is 0 Å². The van der Waals surface area contributed by atoms with Crippen LogP contribution in [0.3, 0.4) is 0 Å². The van der Waals surface area contributed by atoms with Crippen molar-refractivity contribution in [3.8, 4) is 0 Å². The third-order valence-electron chi connectivity index (χ3n) is 3.17. The molecule has 0 aromatic heterocycles. The number of carbonyl (C=O) groups excluding carboxylic acids is 1. The van der Waals surface area contributed by atoms with Gasteiger partial charge in [-0.3, -0.25) is 4.79 Å². The molecule has 1 rings (SSSR count). The highest BCUT2D eigenvalue weighted by molar-refractivity contribution is 5.91. The Balaban J connectivity index is 2.38. The maximum atomic E-state index is 12.2. The number of ether oxygens (including phenoxy) is 1. The maximum Gasteiger partial charge on any atom is 0.405 e. The molecule has 0 aliphatic rings. The molecule has 0 aliphatic carbocycles. The van der Waals surface area contributed by atoms with Crippen molar-refractivity contribution in [2.75, 3.05) is 23.8 Å². The third kappa shape index (κ3) is 9.39. The maximum absolute atomic E-state index is 12.2. The van der Waals surface area contributed by atoms with Gasteiger partial charge >= 0.3 is 6.18 Å². The van der Waals surface area contributed by atoms with Crippen LogP contribution in [0.25, 0.3) is 0 Å². The van der Waals surface area contributed by atoms with E-state index in [1.807, 2.05) is 6.92 Å². The monoisotopic (exact) mass is 346 g/mol. The zero-order valence-corrected chi connectivity index (χ0v) is 14.2.